The van der Waals surface area contributed by atoms with Gasteiger partial charge >= 0.3 is 0 Å². The molecule has 1 atom stereocenters. The molecule has 1 aromatic carbocycles. The zero-order chi connectivity index (χ0) is 19.3. The van der Waals surface area contributed by atoms with Gasteiger partial charge in [0, 0.05) is 37.7 Å². The Morgan fingerprint density at radius 3 is 2.68 bits per heavy atom. The maximum absolute atomic E-state index is 12.7. The van der Waals surface area contributed by atoms with E-state index in [9.17, 15) is 9.90 Å². The Morgan fingerprint density at radius 2 is 1.93 bits per heavy atom. The molecule has 2 N–H and O–H groups in total. The molecule has 6 nitrogen and oxygen atoms in total. The van der Waals surface area contributed by atoms with Gasteiger partial charge in [0.05, 0.1) is 18.8 Å². The molecular formula is C22H30N4O2. The van der Waals surface area contributed by atoms with Crippen LogP contribution in [-0.2, 0) is 11.2 Å². The van der Waals surface area contributed by atoms with Gasteiger partial charge in [0.15, 0.2) is 0 Å². The lowest BCUT2D eigenvalue weighted by Crippen LogP contribution is -2.47. The van der Waals surface area contributed by atoms with Crippen LogP contribution >= 0.6 is 0 Å². The number of hydrogen-bond donors (Lipinski definition) is 2. The van der Waals surface area contributed by atoms with Crippen molar-refractivity contribution in [1.29, 1.82) is 0 Å². The normalized spacial score (nSPS) is 21.8. The van der Waals surface area contributed by atoms with Crippen molar-refractivity contribution in [2.75, 3.05) is 32.7 Å². The van der Waals surface area contributed by atoms with E-state index in [1.807, 2.05) is 17.2 Å². The molecule has 0 spiro atoms. The van der Waals surface area contributed by atoms with Gasteiger partial charge in [-0.3, -0.25) is 14.8 Å². The third kappa shape index (κ3) is 4.62. The molecular weight excluding hydrogens is 352 g/mol. The van der Waals surface area contributed by atoms with Crippen LogP contribution in [0, 0.1) is 0 Å². The highest BCUT2D eigenvalue weighted by Crippen LogP contribution is 2.30. The molecule has 0 aliphatic carbocycles. The number of hydrogen-bond acceptors (Lipinski definition) is 4. The van der Waals surface area contributed by atoms with Crippen LogP contribution in [0.25, 0.3) is 0 Å². The molecule has 3 heterocycles. The van der Waals surface area contributed by atoms with Gasteiger partial charge in [-0.05, 0) is 43.4 Å². The molecule has 1 aromatic heterocycles. The average Bonchev–Trinajstić information content (AvgIpc) is 3.17. The number of carbonyl (C=O) groups is 1. The van der Waals surface area contributed by atoms with E-state index in [4.69, 9.17) is 0 Å². The Morgan fingerprint density at radius 1 is 1.14 bits per heavy atom. The summed E-state index contributed by atoms with van der Waals surface area (Å²) in [6, 6.07) is 10.5. The van der Waals surface area contributed by atoms with Crippen molar-refractivity contribution in [3.8, 4) is 0 Å². The van der Waals surface area contributed by atoms with Crippen molar-refractivity contribution in [3.63, 3.8) is 0 Å². The average molecular weight is 383 g/mol. The van der Waals surface area contributed by atoms with Gasteiger partial charge in [-0.1, -0.05) is 30.3 Å². The quantitative estimate of drug-likeness (QED) is 0.831. The second-order valence-electron chi connectivity index (χ2n) is 8.16. The van der Waals surface area contributed by atoms with Gasteiger partial charge < -0.3 is 10.0 Å². The van der Waals surface area contributed by atoms with E-state index in [1.165, 1.54) is 16.8 Å². The topological polar surface area (TPSA) is 72.5 Å². The Balaban J connectivity index is 1.31. The summed E-state index contributed by atoms with van der Waals surface area (Å²) in [6.07, 6.45) is 6.32. The SMILES string of the molecule is O=C(CN1CCCC(O)C1)N1CCC(c2[nH]ncc2Cc2ccccc2)CC1. The molecule has 28 heavy (non-hydrogen) atoms. The van der Waals surface area contributed by atoms with Gasteiger partial charge in [-0.25, -0.2) is 0 Å². The summed E-state index contributed by atoms with van der Waals surface area (Å²) in [5.74, 6) is 0.628. The Bertz CT molecular complexity index is 768. The molecule has 1 amide bonds. The first-order valence-corrected chi connectivity index (χ1v) is 10.4. The summed E-state index contributed by atoms with van der Waals surface area (Å²) in [6.45, 7) is 3.56. The monoisotopic (exact) mass is 382 g/mol. The molecule has 2 fully saturated rings. The maximum Gasteiger partial charge on any atom is 0.236 e. The van der Waals surface area contributed by atoms with Gasteiger partial charge in [0.1, 0.15) is 0 Å². The molecule has 2 saturated heterocycles. The minimum atomic E-state index is -0.282. The maximum atomic E-state index is 12.7. The number of β-amino-alcohol motifs (C(OH)–C–C–N with tert-alkyl or cyclic N) is 1. The van der Waals surface area contributed by atoms with E-state index >= 15 is 0 Å². The molecule has 2 aliphatic heterocycles. The summed E-state index contributed by atoms with van der Waals surface area (Å²) in [5, 5.41) is 17.3. The predicted molar refractivity (Wildman–Crippen MR) is 108 cm³/mol. The van der Waals surface area contributed by atoms with E-state index in [2.05, 4.69) is 39.4 Å². The fourth-order valence-corrected chi connectivity index (χ4v) is 4.51. The van der Waals surface area contributed by atoms with Crippen LogP contribution in [0.2, 0.25) is 0 Å². The van der Waals surface area contributed by atoms with Crippen LogP contribution in [0.4, 0.5) is 0 Å². The fraction of sp³-hybridized carbons (Fsp3) is 0.545. The number of aromatic amines is 1. The van der Waals surface area contributed by atoms with E-state index < -0.39 is 0 Å². The first-order chi connectivity index (χ1) is 13.7. The van der Waals surface area contributed by atoms with E-state index in [0.29, 0.717) is 19.0 Å². The lowest BCUT2D eigenvalue weighted by atomic mass is 9.89. The molecule has 4 rings (SSSR count). The summed E-state index contributed by atoms with van der Waals surface area (Å²) in [5.41, 5.74) is 3.79. The molecule has 0 saturated carbocycles. The van der Waals surface area contributed by atoms with E-state index in [0.717, 1.165) is 51.7 Å². The van der Waals surface area contributed by atoms with Crippen molar-refractivity contribution < 1.29 is 9.90 Å². The standard InChI is InChI=1S/C22H30N4O2/c27-20-7-4-10-25(15-20)16-21(28)26-11-8-18(9-12-26)22-19(14-23-24-22)13-17-5-2-1-3-6-17/h1-3,5-6,14,18,20,27H,4,7-13,15-16H2,(H,23,24). The van der Waals surface area contributed by atoms with Gasteiger partial charge in [-0.2, -0.15) is 5.10 Å². The number of H-pyrrole nitrogens is 1. The molecule has 0 radical (unpaired) electrons. The number of benzene rings is 1. The highest BCUT2D eigenvalue weighted by molar-refractivity contribution is 5.78. The van der Waals surface area contributed by atoms with Crippen molar-refractivity contribution in [2.24, 2.45) is 0 Å². The van der Waals surface area contributed by atoms with Gasteiger partial charge in [0.25, 0.3) is 0 Å². The minimum absolute atomic E-state index is 0.196. The van der Waals surface area contributed by atoms with Crippen molar-refractivity contribution in [3.05, 3.63) is 53.3 Å². The van der Waals surface area contributed by atoms with Crippen LogP contribution < -0.4 is 0 Å². The van der Waals surface area contributed by atoms with Gasteiger partial charge in [-0.15, -0.1) is 0 Å². The first kappa shape index (κ1) is 19.2. The van der Waals surface area contributed by atoms with Crippen LogP contribution in [0.15, 0.2) is 36.5 Å². The largest absolute Gasteiger partial charge is 0.392 e. The van der Waals surface area contributed by atoms with Crippen LogP contribution in [0.1, 0.15) is 48.4 Å². The summed E-state index contributed by atoms with van der Waals surface area (Å²) >= 11 is 0. The van der Waals surface area contributed by atoms with Crippen LogP contribution in [0.3, 0.4) is 0 Å². The number of nitrogens with one attached hydrogen (secondary N) is 1. The number of nitrogens with zero attached hydrogens (tertiary/aromatic N) is 3. The lowest BCUT2D eigenvalue weighted by Gasteiger charge is -2.35. The van der Waals surface area contributed by atoms with Crippen molar-refractivity contribution in [2.45, 2.75) is 44.1 Å². The van der Waals surface area contributed by atoms with E-state index in [1.54, 1.807) is 0 Å². The minimum Gasteiger partial charge on any atom is -0.392 e. The van der Waals surface area contributed by atoms with Crippen molar-refractivity contribution >= 4 is 5.91 Å². The third-order valence-electron chi connectivity index (χ3n) is 6.08. The Labute approximate surface area is 166 Å². The molecule has 150 valence electrons. The number of aliphatic hydroxyl groups is 1. The van der Waals surface area contributed by atoms with E-state index in [-0.39, 0.29) is 12.0 Å². The van der Waals surface area contributed by atoms with Gasteiger partial charge in [0.2, 0.25) is 5.91 Å². The second-order valence-corrected chi connectivity index (χ2v) is 8.16. The Kier molecular flexibility index (Phi) is 6.07. The summed E-state index contributed by atoms with van der Waals surface area (Å²) in [4.78, 5) is 16.7. The fourth-order valence-electron chi connectivity index (χ4n) is 4.51. The highest BCUT2D eigenvalue weighted by atomic mass is 16.3. The number of likely N-dealkylation sites (tertiary alicyclic amines) is 2. The predicted octanol–water partition coefficient (Wildman–Crippen LogP) is 2.16. The number of amides is 1. The zero-order valence-corrected chi connectivity index (χ0v) is 16.4. The molecule has 1 unspecified atom stereocenters. The number of aliphatic hydroxyl groups excluding tert-OH is 1. The molecule has 0 bridgehead atoms. The van der Waals surface area contributed by atoms with Crippen LogP contribution in [-0.4, -0.2) is 69.8 Å². The number of rotatable bonds is 5. The second kappa shape index (κ2) is 8.88. The number of piperidine rings is 2. The van der Waals surface area contributed by atoms with Crippen LogP contribution in [0.5, 0.6) is 0 Å². The third-order valence-corrected chi connectivity index (χ3v) is 6.08. The highest BCUT2D eigenvalue weighted by Gasteiger charge is 2.28. The lowest BCUT2D eigenvalue weighted by molar-refractivity contribution is -0.134. The summed E-state index contributed by atoms with van der Waals surface area (Å²) < 4.78 is 0. The summed E-state index contributed by atoms with van der Waals surface area (Å²) in [7, 11) is 0. The molecule has 2 aromatic rings. The number of aromatic nitrogens is 2. The number of carbonyl (C=O) groups excluding carboxylic acids is 1. The van der Waals surface area contributed by atoms with Crippen molar-refractivity contribution in [1.82, 2.24) is 20.0 Å². The zero-order valence-electron chi connectivity index (χ0n) is 16.4. The smallest absolute Gasteiger partial charge is 0.236 e. The Hall–Kier alpha value is -2.18. The molecule has 2 aliphatic rings. The molecule has 6 heteroatoms. The first-order valence-electron chi connectivity index (χ1n) is 10.4.